The number of piperidine rings is 2. The van der Waals surface area contributed by atoms with Crippen LogP contribution in [0.5, 0.6) is 0 Å². The number of hydrogen-bond donors (Lipinski definition) is 0. The average Bonchev–Trinajstić information content (AvgIpc) is 2.28. The first kappa shape index (κ1) is 14.3. The molecule has 0 spiro atoms. The van der Waals surface area contributed by atoms with E-state index in [0.717, 1.165) is 32.7 Å². The van der Waals surface area contributed by atoms with Crippen molar-refractivity contribution in [3.05, 3.63) is 0 Å². The quantitative estimate of drug-likeness (QED) is 0.751. The summed E-state index contributed by atoms with van der Waals surface area (Å²) >= 11 is 0. The first-order valence-corrected chi connectivity index (χ1v) is 7.19. The Morgan fingerprint density at radius 1 is 1.06 bits per heavy atom. The second-order valence-electron chi connectivity index (χ2n) is 6.06. The third-order valence-electron chi connectivity index (χ3n) is 4.05. The number of likely N-dealkylation sites (tertiary alicyclic amines) is 2. The number of ether oxygens (including phenoxy) is 2. The molecule has 0 bridgehead atoms. The van der Waals surface area contributed by atoms with E-state index in [1.54, 1.807) is 7.11 Å². The molecule has 0 aromatic carbocycles. The molecule has 2 aliphatic heterocycles. The summed E-state index contributed by atoms with van der Waals surface area (Å²) in [6, 6.07) is 0. The number of nitrogens with zero attached hydrogens (tertiary/aromatic N) is 2. The Kier molecular flexibility index (Phi) is 5.42. The maximum Gasteiger partial charge on any atom is 0.0710 e. The largest absolute Gasteiger partial charge is 0.384 e. The molecule has 0 N–H and O–H groups in total. The van der Waals surface area contributed by atoms with E-state index in [2.05, 4.69) is 23.9 Å². The van der Waals surface area contributed by atoms with Crippen molar-refractivity contribution < 1.29 is 9.47 Å². The van der Waals surface area contributed by atoms with Crippen LogP contribution >= 0.6 is 0 Å². The van der Waals surface area contributed by atoms with E-state index in [4.69, 9.17) is 9.47 Å². The van der Waals surface area contributed by atoms with Gasteiger partial charge in [0.25, 0.3) is 0 Å². The summed E-state index contributed by atoms with van der Waals surface area (Å²) in [6.45, 7) is 5.37. The predicted octanol–water partition coefficient (Wildman–Crippen LogP) is 1.06. The van der Waals surface area contributed by atoms with Crippen LogP contribution in [0.25, 0.3) is 0 Å². The lowest BCUT2D eigenvalue weighted by molar-refractivity contribution is -0.0831. The third kappa shape index (κ3) is 4.19. The molecule has 0 aromatic rings. The fourth-order valence-electron chi connectivity index (χ4n) is 3.34. The zero-order valence-electron chi connectivity index (χ0n) is 12.1. The minimum atomic E-state index is 0.389. The van der Waals surface area contributed by atoms with E-state index >= 15 is 0 Å². The fraction of sp³-hybridized carbons (Fsp3) is 1.00. The minimum Gasteiger partial charge on any atom is -0.384 e. The van der Waals surface area contributed by atoms with Gasteiger partial charge in [-0.15, -0.1) is 0 Å². The van der Waals surface area contributed by atoms with E-state index in [9.17, 15) is 0 Å². The highest BCUT2D eigenvalue weighted by Crippen LogP contribution is 2.22. The van der Waals surface area contributed by atoms with Crippen molar-refractivity contribution in [3.8, 4) is 0 Å². The number of methoxy groups -OCH3 is 1. The van der Waals surface area contributed by atoms with Crippen LogP contribution in [0.2, 0.25) is 0 Å². The molecule has 0 aliphatic carbocycles. The summed E-state index contributed by atoms with van der Waals surface area (Å²) in [7, 11) is 6.17. The van der Waals surface area contributed by atoms with E-state index in [1.165, 1.54) is 19.4 Å². The molecule has 2 rings (SSSR count). The highest BCUT2D eigenvalue weighted by Gasteiger charge is 2.29. The molecule has 2 heterocycles. The number of hydrogen-bond acceptors (Lipinski definition) is 4. The van der Waals surface area contributed by atoms with Crippen molar-refractivity contribution in [1.82, 2.24) is 9.80 Å². The van der Waals surface area contributed by atoms with Crippen molar-refractivity contribution in [1.29, 1.82) is 0 Å². The molecule has 0 saturated carbocycles. The van der Waals surface area contributed by atoms with Gasteiger partial charge < -0.3 is 19.3 Å². The van der Waals surface area contributed by atoms with Crippen LogP contribution in [0.1, 0.15) is 19.3 Å². The van der Waals surface area contributed by atoms with Gasteiger partial charge in [0, 0.05) is 26.7 Å². The second-order valence-corrected chi connectivity index (χ2v) is 6.06. The standard InChI is InChI=1S/C14H28N2O2/c1-15-6-4-5-13(9-15)18-14-7-12(11-17-3)8-16(2)10-14/h12-14H,4-11H2,1-3H3/t12?,13?,14-/m1/s1. The highest BCUT2D eigenvalue weighted by atomic mass is 16.5. The van der Waals surface area contributed by atoms with Gasteiger partial charge in [0.15, 0.2) is 0 Å². The van der Waals surface area contributed by atoms with E-state index in [-0.39, 0.29) is 0 Å². The van der Waals surface area contributed by atoms with Crippen LogP contribution in [0.4, 0.5) is 0 Å². The number of rotatable bonds is 4. The molecule has 0 amide bonds. The second kappa shape index (κ2) is 6.85. The Balaban J connectivity index is 1.80. The summed E-state index contributed by atoms with van der Waals surface area (Å²) in [5, 5.41) is 0. The summed E-state index contributed by atoms with van der Waals surface area (Å²) < 4.78 is 11.6. The first-order valence-electron chi connectivity index (χ1n) is 7.19. The Bertz CT molecular complexity index is 250. The lowest BCUT2D eigenvalue weighted by atomic mass is 9.96. The number of likely N-dealkylation sites (N-methyl/N-ethyl adjacent to an activating group) is 2. The lowest BCUT2D eigenvalue weighted by Crippen LogP contribution is -2.47. The zero-order chi connectivity index (χ0) is 13.0. The van der Waals surface area contributed by atoms with E-state index in [0.29, 0.717) is 18.1 Å². The van der Waals surface area contributed by atoms with Crippen LogP contribution in [0, 0.1) is 5.92 Å². The van der Waals surface area contributed by atoms with Crippen LogP contribution in [0.15, 0.2) is 0 Å². The Morgan fingerprint density at radius 2 is 1.83 bits per heavy atom. The van der Waals surface area contributed by atoms with Gasteiger partial charge in [-0.25, -0.2) is 0 Å². The van der Waals surface area contributed by atoms with Crippen LogP contribution in [-0.2, 0) is 9.47 Å². The van der Waals surface area contributed by atoms with Crippen molar-refractivity contribution in [2.75, 3.05) is 54.0 Å². The highest BCUT2D eigenvalue weighted by molar-refractivity contribution is 4.80. The summed E-state index contributed by atoms with van der Waals surface area (Å²) in [5.41, 5.74) is 0. The molecule has 2 unspecified atom stereocenters. The molecule has 106 valence electrons. The molecular formula is C14H28N2O2. The van der Waals surface area contributed by atoms with Crippen LogP contribution in [0.3, 0.4) is 0 Å². The predicted molar refractivity (Wildman–Crippen MR) is 72.9 cm³/mol. The smallest absolute Gasteiger partial charge is 0.0710 e. The van der Waals surface area contributed by atoms with E-state index in [1.807, 2.05) is 0 Å². The van der Waals surface area contributed by atoms with Gasteiger partial charge >= 0.3 is 0 Å². The maximum absolute atomic E-state index is 6.31. The molecule has 2 saturated heterocycles. The Morgan fingerprint density at radius 3 is 2.56 bits per heavy atom. The van der Waals surface area contributed by atoms with Gasteiger partial charge in [0.1, 0.15) is 0 Å². The molecule has 18 heavy (non-hydrogen) atoms. The zero-order valence-corrected chi connectivity index (χ0v) is 12.1. The molecular weight excluding hydrogens is 228 g/mol. The van der Waals surface area contributed by atoms with Crippen molar-refractivity contribution >= 4 is 0 Å². The molecule has 0 radical (unpaired) electrons. The van der Waals surface area contributed by atoms with Crippen molar-refractivity contribution in [3.63, 3.8) is 0 Å². The molecule has 0 aromatic heterocycles. The van der Waals surface area contributed by atoms with Gasteiger partial charge in [-0.1, -0.05) is 0 Å². The Labute approximate surface area is 111 Å². The third-order valence-corrected chi connectivity index (χ3v) is 4.05. The topological polar surface area (TPSA) is 24.9 Å². The minimum absolute atomic E-state index is 0.389. The molecule has 2 aliphatic rings. The van der Waals surface area contributed by atoms with Crippen LogP contribution in [-0.4, -0.2) is 76.0 Å². The van der Waals surface area contributed by atoms with Gasteiger partial charge in [-0.05, 0) is 45.8 Å². The van der Waals surface area contributed by atoms with Crippen LogP contribution < -0.4 is 0 Å². The monoisotopic (exact) mass is 256 g/mol. The molecule has 2 fully saturated rings. The van der Waals surface area contributed by atoms with Gasteiger partial charge in [0.2, 0.25) is 0 Å². The maximum atomic E-state index is 6.31. The summed E-state index contributed by atoms with van der Waals surface area (Å²) in [6.07, 6.45) is 4.46. The average molecular weight is 256 g/mol. The molecule has 3 atom stereocenters. The molecule has 4 heteroatoms. The lowest BCUT2D eigenvalue weighted by Gasteiger charge is -2.39. The SMILES string of the molecule is COCC1C[C@@H](OC2CCCN(C)C2)CN(C)C1. The molecule has 4 nitrogen and oxygen atoms in total. The summed E-state index contributed by atoms with van der Waals surface area (Å²) in [5.74, 6) is 0.625. The first-order chi connectivity index (χ1) is 8.67. The summed E-state index contributed by atoms with van der Waals surface area (Å²) in [4.78, 5) is 4.76. The van der Waals surface area contributed by atoms with Gasteiger partial charge in [-0.3, -0.25) is 0 Å². The van der Waals surface area contributed by atoms with Gasteiger partial charge in [-0.2, -0.15) is 0 Å². The fourth-order valence-corrected chi connectivity index (χ4v) is 3.34. The van der Waals surface area contributed by atoms with Crippen molar-refractivity contribution in [2.45, 2.75) is 31.5 Å². The normalized spacial score (nSPS) is 35.8. The Hall–Kier alpha value is -0.160. The van der Waals surface area contributed by atoms with Crippen molar-refractivity contribution in [2.24, 2.45) is 5.92 Å². The van der Waals surface area contributed by atoms with E-state index < -0.39 is 0 Å². The van der Waals surface area contributed by atoms with Gasteiger partial charge in [0.05, 0.1) is 18.8 Å².